The largest absolute Gasteiger partial charge is 0.504 e. The smallest absolute Gasteiger partial charge is 0.191 e. The van der Waals surface area contributed by atoms with Crippen LogP contribution in [0.15, 0.2) is 35.9 Å². The summed E-state index contributed by atoms with van der Waals surface area (Å²) >= 11 is 0. The second-order valence-electron chi connectivity index (χ2n) is 9.79. The fourth-order valence-corrected chi connectivity index (χ4v) is 5.47. The third-order valence-electron chi connectivity index (χ3n) is 7.61. The first-order valence-corrected chi connectivity index (χ1v) is 12.6. The third-order valence-corrected chi connectivity index (χ3v) is 7.61. The first-order valence-electron chi connectivity index (χ1n) is 12.6. The van der Waals surface area contributed by atoms with Crippen molar-refractivity contribution in [3.8, 4) is 11.5 Å². The van der Waals surface area contributed by atoms with Gasteiger partial charge in [0.05, 0.1) is 18.8 Å². The van der Waals surface area contributed by atoms with Crippen molar-refractivity contribution in [1.29, 1.82) is 0 Å². The lowest BCUT2D eigenvalue weighted by Gasteiger charge is -2.40. The number of hydrogen-bond donors (Lipinski definition) is 3. The SMILES string of the molecule is COC1(OCCCN2CCC([C@@H]3Cc4c(ccc(O)c4O)[C@H](CN)O3)CC2)C=CC=C(C(C)=O)C1.Cl.Cl.O.O. The molecular formula is C27H44Cl2N2O8. The fraction of sp³-hybridized carbons (Fsp3) is 0.593. The first kappa shape index (κ1) is 37.3. The normalized spacial score (nSPS) is 24.6. The van der Waals surface area contributed by atoms with Crippen LogP contribution in [0.4, 0.5) is 0 Å². The predicted octanol–water partition coefficient (Wildman–Crippen LogP) is 2.17. The van der Waals surface area contributed by atoms with Crippen LogP contribution in [0.2, 0.25) is 0 Å². The number of phenolic OH excluding ortho intramolecular Hbond substituents is 2. The highest BCUT2D eigenvalue weighted by Crippen LogP contribution is 2.42. The van der Waals surface area contributed by atoms with Crippen LogP contribution in [0, 0.1) is 5.92 Å². The van der Waals surface area contributed by atoms with Gasteiger partial charge >= 0.3 is 0 Å². The average molecular weight is 596 g/mol. The van der Waals surface area contributed by atoms with E-state index >= 15 is 0 Å². The number of hydrogen-bond acceptors (Lipinski definition) is 8. The standard InChI is InChI=1S/C27H38N2O6.2ClH.2H2O/c1-18(30)20-5-3-10-27(16-20,33-2)34-14-4-11-29-12-8-19(9-13-29)24-15-22-21(25(17-28)35-24)6-7-23(31)26(22)32;;;;/h3,5-7,10,19,24-25,31-32H,4,8-9,11-17,28H2,1-2H3;2*1H;2*1H2/t24-,25-,27?;;;;/m0..../s1. The maximum atomic E-state index is 11.7. The molecule has 2 heterocycles. The van der Waals surface area contributed by atoms with E-state index in [1.165, 1.54) is 6.07 Å². The molecule has 3 atom stereocenters. The van der Waals surface area contributed by atoms with E-state index in [0.29, 0.717) is 37.5 Å². The number of carbonyl (C=O) groups excluding carboxylic acids is 1. The number of ketones is 1. The van der Waals surface area contributed by atoms with Gasteiger partial charge in [-0.3, -0.25) is 4.79 Å². The second-order valence-corrected chi connectivity index (χ2v) is 9.79. The fourth-order valence-electron chi connectivity index (χ4n) is 5.47. The summed E-state index contributed by atoms with van der Waals surface area (Å²) in [5.41, 5.74) is 8.32. The quantitative estimate of drug-likeness (QED) is 0.221. The lowest BCUT2D eigenvalue weighted by atomic mass is 9.83. The topological polar surface area (TPSA) is 177 Å². The number of nitrogens with zero attached hydrogens (tertiary/aromatic N) is 1. The van der Waals surface area contributed by atoms with E-state index < -0.39 is 5.79 Å². The first-order chi connectivity index (χ1) is 16.9. The molecule has 0 radical (unpaired) electrons. The third kappa shape index (κ3) is 8.63. The molecule has 39 heavy (non-hydrogen) atoms. The molecule has 8 N–H and O–H groups in total. The van der Waals surface area contributed by atoms with E-state index in [9.17, 15) is 15.0 Å². The van der Waals surface area contributed by atoms with Crippen LogP contribution in [-0.2, 0) is 25.4 Å². The van der Waals surface area contributed by atoms with Crippen molar-refractivity contribution in [1.82, 2.24) is 4.90 Å². The van der Waals surface area contributed by atoms with Crippen molar-refractivity contribution in [2.45, 2.75) is 57.0 Å². The number of likely N-dealkylation sites (tertiary alicyclic amines) is 1. The lowest BCUT2D eigenvalue weighted by Crippen LogP contribution is -2.42. The van der Waals surface area contributed by atoms with Crippen LogP contribution >= 0.6 is 24.8 Å². The summed E-state index contributed by atoms with van der Waals surface area (Å²) < 4.78 is 18.0. The van der Waals surface area contributed by atoms with Crippen LogP contribution in [0.25, 0.3) is 0 Å². The van der Waals surface area contributed by atoms with E-state index in [1.807, 2.05) is 18.2 Å². The molecule has 0 bridgehead atoms. The minimum absolute atomic E-state index is 0. The summed E-state index contributed by atoms with van der Waals surface area (Å²) in [4.78, 5) is 14.2. The Morgan fingerprint density at radius 1 is 1.21 bits per heavy atom. The molecule has 12 heteroatoms. The maximum absolute atomic E-state index is 11.7. The van der Waals surface area contributed by atoms with Gasteiger partial charge in [0, 0.05) is 44.2 Å². The number of benzene rings is 1. The number of fused-ring (bicyclic) bond motifs is 1. The van der Waals surface area contributed by atoms with Crippen molar-refractivity contribution >= 4 is 30.6 Å². The predicted molar refractivity (Wildman–Crippen MR) is 154 cm³/mol. The van der Waals surface area contributed by atoms with E-state index in [-0.39, 0.29) is 65.3 Å². The molecule has 10 nitrogen and oxygen atoms in total. The number of allylic oxidation sites excluding steroid dienone is 2. The van der Waals surface area contributed by atoms with Crippen LogP contribution in [-0.4, -0.2) is 83.6 Å². The van der Waals surface area contributed by atoms with Gasteiger partial charge in [-0.2, -0.15) is 0 Å². The molecule has 0 spiro atoms. The molecule has 1 aromatic rings. The molecule has 1 unspecified atom stereocenters. The maximum Gasteiger partial charge on any atom is 0.191 e. The summed E-state index contributed by atoms with van der Waals surface area (Å²) in [5, 5.41) is 20.4. The van der Waals surface area contributed by atoms with Gasteiger partial charge in [0.1, 0.15) is 0 Å². The zero-order valence-electron chi connectivity index (χ0n) is 22.6. The average Bonchev–Trinajstić information content (AvgIpc) is 2.88. The van der Waals surface area contributed by atoms with Gasteiger partial charge < -0.3 is 46.0 Å². The summed E-state index contributed by atoms with van der Waals surface area (Å²) in [6.07, 6.45) is 9.17. The highest BCUT2D eigenvalue weighted by molar-refractivity contribution is 5.94. The lowest BCUT2D eigenvalue weighted by molar-refractivity contribution is -0.189. The molecule has 1 fully saturated rings. The van der Waals surface area contributed by atoms with Crippen LogP contribution in [0.1, 0.15) is 49.8 Å². The summed E-state index contributed by atoms with van der Waals surface area (Å²) in [5.74, 6) is -0.578. The van der Waals surface area contributed by atoms with Crippen molar-refractivity contribution in [3.05, 3.63) is 47.1 Å². The molecule has 1 saturated heterocycles. The van der Waals surface area contributed by atoms with Gasteiger partial charge in [-0.05, 0) is 62.9 Å². The molecule has 1 aromatic carbocycles. The number of aromatic hydroxyl groups is 2. The van der Waals surface area contributed by atoms with Gasteiger partial charge in [0.15, 0.2) is 23.1 Å². The zero-order valence-corrected chi connectivity index (χ0v) is 24.2. The Morgan fingerprint density at radius 3 is 2.51 bits per heavy atom. The Labute approximate surface area is 242 Å². The number of rotatable bonds is 9. The van der Waals surface area contributed by atoms with Gasteiger partial charge in [0.2, 0.25) is 0 Å². The van der Waals surface area contributed by atoms with Gasteiger partial charge in [-0.25, -0.2) is 0 Å². The summed E-state index contributed by atoms with van der Waals surface area (Å²) in [7, 11) is 1.61. The summed E-state index contributed by atoms with van der Waals surface area (Å²) in [6.45, 7) is 5.34. The molecule has 4 rings (SSSR count). The highest BCUT2D eigenvalue weighted by Gasteiger charge is 2.36. The Bertz CT molecular complexity index is 985. The molecular weight excluding hydrogens is 551 g/mol. The molecule has 2 aliphatic heterocycles. The minimum Gasteiger partial charge on any atom is -0.504 e. The van der Waals surface area contributed by atoms with Gasteiger partial charge in [0.25, 0.3) is 0 Å². The van der Waals surface area contributed by atoms with Crippen molar-refractivity contribution in [3.63, 3.8) is 0 Å². The van der Waals surface area contributed by atoms with Crippen LogP contribution in [0.5, 0.6) is 11.5 Å². The number of nitrogens with two attached hydrogens (primary N) is 1. The Balaban J connectivity index is 0.00000361. The van der Waals surface area contributed by atoms with Crippen LogP contribution in [0.3, 0.4) is 0 Å². The Morgan fingerprint density at radius 2 is 1.90 bits per heavy atom. The molecule has 0 amide bonds. The molecule has 0 aromatic heterocycles. The van der Waals surface area contributed by atoms with E-state index in [4.69, 9.17) is 19.9 Å². The molecule has 1 aliphatic carbocycles. The van der Waals surface area contributed by atoms with E-state index in [0.717, 1.165) is 50.0 Å². The van der Waals surface area contributed by atoms with Gasteiger partial charge in [-0.1, -0.05) is 18.2 Å². The molecule has 224 valence electrons. The highest BCUT2D eigenvalue weighted by atomic mass is 35.5. The number of methoxy groups -OCH3 is 1. The number of Topliss-reactive ketones (excluding diaryl/α,β-unsaturated/α-hetero) is 1. The summed E-state index contributed by atoms with van der Waals surface area (Å²) in [6, 6.07) is 3.30. The minimum atomic E-state index is -0.864. The van der Waals surface area contributed by atoms with Crippen molar-refractivity contribution in [2.75, 3.05) is 39.9 Å². The number of phenols is 2. The Kier molecular flexibility index (Phi) is 15.8. The van der Waals surface area contributed by atoms with Gasteiger partial charge in [-0.15, -0.1) is 24.8 Å². The number of halogens is 2. The van der Waals surface area contributed by atoms with E-state index in [2.05, 4.69) is 4.90 Å². The van der Waals surface area contributed by atoms with Crippen molar-refractivity contribution in [2.24, 2.45) is 11.7 Å². The number of ether oxygens (including phenoxy) is 3. The zero-order chi connectivity index (χ0) is 25.0. The number of carbonyl (C=O) groups is 1. The number of piperidine rings is 1. The monoisotopic (exact) mass is 594 g/mol. The second kappa shape index (κ2) is 16.5. The Hall–Kier alpha value is -1.73. The van der Waals surface area contributed by atoms with Crippen LogP contribution < -0.4 is 5.73 Å². The van der Waals surface area contributed by atoms with Crippen molar-refractivity contribution < 1.29 is 40.2 Å². The molecule has 3 aliphatic rings. The molecule has 0 saturated carbocycles. The van der Waals surface area contributed by atoms with E-state index in [1.54, 1.807) is 20.1 Å².